The molecule has 30 heavy (non-hydrogen) atoms. The van der Waals surface area contributed by atoms with Crippen molar-refractivity contribution in [2.75, 3.05) is 11.6 Å². The van der Waals surface area contributed by atoms with Crippen LogP contribution in [-0.2, 0) is 16.4 Å². The molecular weight excluding hydrogens is 400 g/mol. The highest BCUT2D eigenvalue weighted by molar-refractivity contribution is 7.93. The van der Waals surface area contributed by atoms with Gasteiger partial charge in [-0.15, -0.1) is 0 Å². The number of nitrogens with zero attached hydrogens (tertiary/aromatic N) is 2. The lowest BCUT2D eigenvalue weighted by Crippen LogP contribution is -2.35. The van der Waals surface area contributed by atoms with E-state index in [1.807, 2.05) is 30.3 Å². The van der Waals surface area contributed by atoms with Crippen LogP contribution in [0.2, 0.25) is 0 Å². The Hall–Kier alpha value is -2.74. The molecule has 158 valence electrons. The van der Waals surface area contributed by atoms with E-state index in [1.54, 1.807) is 12.3 Å². The van der Waals surface area contributed by atoms with Crippen LogP contribution in [0.5, 0.6) is 0 Å². The Bertz CT molecular complexity index is 1050. The number of hydrogen-bond donors (Lipinski definition) is 2. The monoisotopic (exact) mass is 426 g/mol. The molecule has 0 saturated heterocycles. The molecule has 2 fully saturated rings. The number of anilines is 1. The highest BCUT2D eigenvalue weighted by Crippen LogP contribution is 2.38. The molecule has 2 aliphatic rings. The van der Waals surface area contributed by atoms with Crippen LogP contribution in [0, 0.1) is 5.92 Å². The Balaban J connectivity index is 1.53. The van der Waals surface area contributed by atoms with Gasteiger partial charge in [0.05, 0.1) is 6.04 Å². The minimum atomic E-state index is -3.25. The molecule has 0 aliphatic heterocycles. The third-order valence-electron chi connectivity index (χ3n) is 5.26. The number of rotatable bonds is 9. The van der Waals surface area contributed by atoms with Gasteiger partial charge in [-0.2, -0.15) is 0 Å². The van der Waals surface area contributed by atoms with Gasteiger partial charge < -0.3 is 10.6 Å². The quantitative estimate of drug-likeness (QED) is 0.639. The molecule has 0 bridgehead atoms. The number of benzene rings is 1. The predicted octanol–water partition coefficient (Wildman–Crippen LogP) is 3.03. The van der Waals surface area contributed by atoms with Crippen LogP contribution in [-0.4, -0.2) is 36.6 Å². The topological polar surface area (TPSA) is 101 Å². The molecule has 0 spiro atoms. The van der Waals surface area contributed by atoms with Crippen molar-refractivity contribution in [2.24, 2.45) is 5.92 Å². The predicted molar refractivity (Wildman–Crippen MR) is 116 cm³/mol. The fourth-order valence-electron chi connectivity index (χ4n) is 3.25. The van der Waals surface area contributed by atoms with Gasteiger partial charge in [-0.05, 0) is 37.2 Å². The highest BCUT2D eigenvalue weighted by Gasteiger charge is 2.32. The minimum Gasteiger partial charge on any atom is -0.365 e. The van der Waals surface area contributed by atoms with E-state index in [9.17, 15) is 13.2 Å². The Kier molecular flexibility index (Phi) is 5.85. The second-order valence-corrected chi connectivity index (χ2v) is 10.0. The number of carbonyl (C=O) groups excluding carboxylic acids is 1. The summed E-state index contributed by atoms with van der Waals surface area (Å²) in [7, 11) is -3.25. The second kappa shape index (κ2) is 8.55. The van der Waals surface area contributed by atoms with Crippen molar-refractivity contribution in [3.63, 3.8) is 0 Å². The molecule has 0 radical (unpaired) electrons. The van der Waals surface area contributed by atoms with E-state index in [0.717, 1.165) is 48.7 Å². The van der Waals surface area contributed by atoms with Gasteiger partial charge >= 0.3 is 0 Å². The molecule has 1 aromatic carbocycles. The van der Waals surface area contributed by atoms with Gasteiger partial charge in [0.25, 0.3) is 5.91 Å². The first-order valence-electron chi connectivity index (χ1n) is 10.2. The lowest BCUT2D eigenvalue weighted by molar-refractivity contribution is 0.0940. The maximum Gasteiger partial charge on any atom is 0.257 e. The maximum atomic E-state index is 13.0. The molecule has 0 unspecified atom stereocenters. The number of hydrogen-bond acceptors (Lipinski definition) is 6. The number of sulfone groups is 1. The summed E-state index contributed by atoms with van der Waals surface area (Å²) in [6.45, 7) is 0.544. The fraction of sp³-hybridized carbons (Fsp3) is 0.409. The normalized spacial score (nSPS) is 17.6. The fourth-order valence-corrected chi connectivity index (χ4v) is 3.71. The smallest absolute Gasteiger partial charge is 0.257 e. The minimum absolute atomic E-state index is 0.263. The van der Waals surface area contributed by atoms with Crippen LogP contribution < -0.4 is 10.6 Å². The van der Waals surface area contributed by atoms with Crippen molar-refractivity contribution in [2.45, 2.75) is 44.2 Å². The molecule has 1 aromatic heterocycles. The van der Waals surface area contributed by atoms with Gasteiger partial charge in [-0.25, -0.2) is 18.4 Å². The standard InChI is InChI=1S/C22H26N4O3S/c1-30(28,29)12-11-19(16-7-8-16)25-22(27)18-14-24-20(17-9-10-17)26-21(18)23-13-15-5-3-2-4-6-15/h2-6,11-12,14,16-17,19H,7-10,13H2,1H3,(H,25,27)(H,23,24,26)/b12-11+/t19-/m1/s1. The third kappa shape index (κ3) is 5.66. The van der Waals surface area contributed by atoms with Crippen LogP contribution >= 0.6 is 0 Å². The highest BCUT2D eigenvalue weighted by atomic mass is 32.2. The van der Waals surface area contributed by atoms with Crippen LogP contribution in [0.15, 0.2) is 48.0 Å². The van der Waals surface area contributed by atoms with Gasteiger partial charge in [0.15, 0.2) is 9.84 Å². The van der Waals surface area contributed by atoms with Crippen molar-refractivity contribution < 1.29 is 13.2 Å². The zero-order valence-corrected chi connectivity index (χ0v) is 17.7. The Morgan fingerprint density at radius 1 is 1.20 bits per heavy atom. The molecule has 7 nitrogen and oxygen atoms in total. The van der Waals surface area contributed by atoms with Gasteiger partial charge in [-0.1, -0.05) is 36.4 Å². The molecule has 2 aromatic rings. The summed E-state index contributed by atoms with van der Waals surface area (Å²) < 4.78 is 23.0. The lowest BCUT2D eigenvalue weighted by Gasteiger charge is -2.17. The average molecular weight is 427 g/mol. The van der Waals surface area contributed by atoms with E-state index in [1.165, 1.54) is 0 Å². The van der Waals surface area contributed by atoms with Crippen molar-refractivity contribution in [1.29, 1.82) is 0 Å². The molecule has 4 rings (SSSR count). The number of aromatic nitrogens is 2. The van der Waals surface area contributed by atoms with E-state index in [0.29, 0.717) is 23.8 Å². The van der Waals surface area contributed by atoms with Gasteiger partial charge in [0.2, 0.25) is 0 Å². The van der Waals surface area contributed by atoms with Crippen LogP contribution in [0.25, 0.3) is 0 Å². The molecule has 2 N–H and O–H groups in total. The molecular formula is C22H26N4O3S. The molecule has 1 heterocycles. The number of carbonyl (C=O) groups is 1. The lowest BCUT2D eigenvalue weighted by atomic mass is 10.1. The Labute approximate surface area is 176 Å². The summed E-state index contributed by atoms with van der Waals surface area (Å²) in [5.74, 6) is 1.60. The first-order valence-corrected chi connectivity index (χ1v) is 12.2. The molecule has 8 heteroatoms. The van der Waals surface area contributed by atoms with Crippen molar-refractivity contribution >= 4 is 21.6 Å². The summed E-state index contributed by atoms with van der Waals surface area (Å²) in [4.78, 5) is 22.1. The largest absolute Gasteiger partial charge is 0.365 e. The summed E-state index contributed by atoms with van der Waals surface area (Å²) in [6.07, 6.45) is 8.37. The maximum absolute atomic E-state index is 13.0. The van der Waals surface area contributed by atoms with Crippen molar-refractivity contribution in [3.05, 3.63) is 65.0 Å². The van der Waals surface area contributed by atoms with Crippen LogP contribution in [0.1, 0.15) is 53.3 Å². The van der Waals surface area contributed by atoms with E-state index < -0.39 is 9.84 Å². The third-order valence-corrected chi connectivity index (χ3v) is 5.91. The van der Waals surface area contributed by atoms with E-state index in [-0.39, 0.29) is 17.9 Å². The summed E-state index contributed by atoms with van der Waals surface area (Å²) in [5, 5.41) is 7.41. The number of nitrogens with one attached hydrogen (secondary N) is 2. The first-order chi connectivity index (χ1) is 14.4. The van der Waals surface area contributed by atoms with Gasteiger partial charge in [0.1, 0.15) is 17.2 Å². The second-order valence-electron chi connectivity index (χ2n) is 8.10. The van der Waals surface area contributed by atoms with Gasteiger partial charge in [-0.3, -0.25) is 4.79 Å². The molecule has 1 atom stereocenters. The first kappa shape index (κ1) is 20.5. The zero-order chi connectivity index (χ0) is 21.1. The van der Waals surface area contributed by atoms with Gasteiger partial charge in [0, 0.05) is 30.3 Å². The van der Waals surface area contributed by atoms with E-state index in [4.69, 9.17) is 0 Å². The SMILES string of the molecule is CS(=O)(=O)/C=C/[C@@H](NC(=O)c1cnc(C2CC2)nc1NCc1ccccc1)C1CC1. The summed E-state index contributed by atoms with van der Waals surface area (Å²) in [5.41, 5.74) is 1.45. The summed E-state index contributed by atoms with van der Waals surface area (Å²) >= 11 is 0. The molecule has 2 saturated carbocycles. The number of amides is 1. The zero-order valence-electron chi connectivity index (χ0n) is 16.9. The van der Waals surface area contributed by atoms with Crippen molar-refractivity contribution in [1.82, 2.24) is 15.3 Å². The van der Waals surface area contributed by atoms with Crippen LogP contribution in [0.3, 0.4) is 0 Å². The Morgan fingerprint density at radius 3 is 2.57 bits per heavy atom. The van der Waals surface area contributed by atoms with E-state index >= 15 is 0 Å². The molecule has 1 amide bonds. The average Bonchev–Trinajstić information content (AvgIpc) is 3.62. The van der Waals surface area contributed by atoms with Crippen molar-refractivity contribution in [3.8, 4) is 0 Å². The summed E-state index contributed by atoms with van der Waals surface area (Å²) in [6, 6.07) is 9.59. The van der Waals surface area contributed by atoms with Crippen LogP contribution in [0.4, 0.5) is 5.82 Å². The molecule has 2 aliphatic carbocycles. The Morgan fingerprint density at radius 2 is 1.93 bits per heavy atom. The van der Waals surface area contributed by atoms with E-state index in [2.05, 4.69) is 20.6 Å².